The van der Waals surface area contributed by atoms with Gasteiger partial charge in [-0.05, 0) is 31.9 Å². The van der Waals surface area contributed by atoms with E-state index in [1.54, 1.807) is 0 Å². The number of carbonyl (C=O) groups is 1. The molecule has 0 fully saturated rings. The summed E-state index contributed by atoms with van der Waals surface area (Å²) in [6.45, 7) is 4.56. The molecule has 0 aliphatic carbocycles. The predicted octanol–water partition coefficient (Wildman–Crippen LogP) is 1.96. The van der Waals surface area contributed by atoms with E-state index < -0.39 is 0 Å². The third-order valence-electron chi connectivity index (χ3n) is 1.20. The fraction of sp³-hybridized carbons (Fsp3) is 0.857. The largest absolute Gasteiger partial charge is 0.379 e. The van der Waals surface area contributed by atoms with Gasteiger partial charge in [-0.15, -0.1) is 0 Å². The van der Waals surface area contributed by atoms with Gasteiger partial charge in [-0.25, -0.2) is 0 Å². The van der Waals surface area contributed by atoms with Gasteiger partial charge in [0, 0.05) is 13.0 Å². The minimum Gasteiger partial charge on any atom is -0.379 e. The first-order valence-electron chi connectivity index (χ1n) is 3.46. The average Bonchev–Trinajstić information content (AvgIpc) is 1.85. The monoisotopic (exact) mass is 164 g/mol. The molecule has 0 aromatic rings. The smallest absolute Gasteiger partial charge is 0.221 e. The highest BCUT2D eigenvalue weighted by Gasteiger charge is 2.02. The predicted molar refractivity (Wildman–Crippen MR) is 41.2 cm³/mol. The van der Waals surface area contributed by atoms with Crippen molar-refractivity contribution in [1.82, 2.24) is 0 Å². The Labute approximate surface area is 66.5 Å². The van der Waals surface area contributed by atoms with Crippen LogP contribution in [0.15, 0.2) is 0 Å². The summed E-state index contributed by atoms with van der Waals surface area (Å²) >= 11 is 5.13. The Morgan fingerprint density at radius 2 is 2.30 bits per heavy atom. The molecule has 0 radical (unpaired) electrons. The van der Waals surface area contributed by atoms with Crippen molar-refractivity contribution >= 4 is 16.8 Å². The van der Waals surface area contributed by atoms with Crippen molar-refractivity contribution < 1.29 is 9.53 Å². The maximum absolute atomic E-state index is 10.3. The molecule has 0 saturated heterocycles. The van der Waals surface area contributed by atoms with E-state index in [0.717, 1.165) is 6.42 Å². The summed E-state index contributed by atoms with van der Waals surface area (Å²) < 4.78 is 5.18. The maximum atomic E-state index is 10.3. The third-order valence-corrected chi connectivity index (χ3v) is 1.39. The Hall–Kier alpha value is -0.0800. The van der Waals surface area contributed by atoms with Gasteiger partial charge < -0.3 is 4.74 Å². The molecule has 0 amide bonds. The second-order valence-corrected chi connectivity index (χ2v) is 2.58. The van der Waals surface area contributed by atoms with Crippen LogP contribution in [0.3, 0.4) is 0 Å². The first-order chi connectivity index (χ1) is 4.66. The van der Waals surface area contributed by atoms with Crippen LogP contribution in [-0.2, 0) is 9.53 Å². The van der Waals surface area contributed by atoms with E-state index in [1.165, 1.54) is 0 Å². The molecule has 0 rings (SSSR count). The molecule has 10 heavy (non-hydrogen) atoms. The lowest BCUT2D eigenvalue weighted by molar-refractivity contribution is -0.112. The van der Waals surface area contributed by atoms with Gasteiger partial charge in [0.1, 0.15) is 0 Å². The zero-order valence-corrected chi connectivity index (χ0v) is 7.15. The lowest BCUT2D eigenvalue weighted by Crippen LogP contribution is -2.08. The number of carbonyl (C=O) groups excluding carboxylic acids is 1. The van der Waals surface area contributed by atoms with Crippen LogP contribution in [0.4, 0.5) is 0 Å². The summed E-state index contributed by atoms with van der Waals surface area (Å²) in [4.78, 5) is 10.3. The molecule has 60 valence electrons. The molecule has 0 heterocycles. The third kappa shape index (κ3) is 6.05. The van der Waals surface area contributed by atoms with Crippen molar-refractivity contribution in [2.45, 2.75) is 32.8 Å². The van der Waals surface area contributed by atoms with Crippen LogP contribution in [0.5, 0.6) is 0 Å². The molecule has 0 bridgehead atoms. The second kappa shape index (κ2) is 5.69. The zero-order chi connectivity index (χ0) is 7.98. The van der Waals surface area contributed by atoms with Gasteiger partial charge in [-0.2, -0.15) is 0 Å². The fourth-order valence-corrected chi connectivity index (χ4v) is 0.794. The minimum absolute atomic E-state index is 0.146. The quantitative estimate of drug-likeness (QED) is 0.581. The Bertz CT molecular complexity index is 104. The van der Waals surface area contributed by atoms with Gasteiger partial charge in [0.2, 0.25) is 5.24 Å². The van der Waals surface area contributed by atoms with Crippen LogP contribution in [0.1, 0.15) is 26.7 Å². The van der Waals surface area contributed by atoms with Crippen LogP contribution in [0.2, 0.25) is 0 Å². The van der Waals surface area contributed by atoms with E-state index in [2.05, 4.69) is 0 Å². The molecule has 0 N–H and O–H groups in total. The Morgan fingerprint density at radius 1 is 1.70 bits per heavy atom. The van der Waals surface area contributed by atoms with Crippen LogP contribution in [0.25, 0.3) is 0 Å². The molecular weight excluding hydrogens is 152 g/mol. The maximum Gasteiger partial charge on any atom is 0.221 e. The van der Waals surface area contributed by atoms with Crippen LogP contribution in [-0.4, -0.2) is 18.0 Å². The molecule has 3 heteroatoms. The summed E-state index contributed by atoms with van der Waals surface area (Å²) in [7, 11) is 0. The molecule has 0 spiro atoms. The van der Waals surface area contributed by atoms with Gasteiger partial charge in [-0.1, -0.05) is 0 Å². The van der Waals surface area contributed by atoms with E-state index in [0.29, 0.717) is 13.0 Å². The SMILES string of the molecule is CCOC(C)CCC(=O)Cl. The normalized spacial score (nSPS) is 13.1. The standard InChI is InChI=1S/C7H13ClO2/c1-3-10-6(2)4-5-7(8)9/h6H,3-5H2,1-2H3. The van der Waals surface area contributed by atoms with Crippen LogP contribution < -0.4 is 0 Å². The van der Waals surface area contributed by atoms with Crippen molar-refractivity contribution in [2.75, 3.05) is 6.61 Å². The number of rotatable bonds is 5. The summed E-state index contributed by atoms with van der Waals surface area (Å²) in [6, 6.07) is 0. The van der Waals surface area contributed by atoms with Gasteiger partial charge in [-0.3, -0.25) is 4.79 Å². The number of halogens is 1. The van der Waals surface area contributed by atoms with Crippen molar-refractivity contribution in [3.05, 3.63) is 0 Å². The lowest BCUT2D eigenvalue weighted by Gasteiger charge is -2.08. The number of ether oxygens (including phenoxy) is 1. The van der Waals surface area contributed by atoms with E-state index >= 15 is 0 Å². The minimum atomic E-state index is -0.286. The van der Waals surface area contributed by atoms with Crippen molar-refractivity contribution in [2.24, 2.45) is 0 Å². The molecule has 0 saturated carbocycles. The summed E-state index contributed by atoms with van der Waals surface area (Å²) in [5.41, 5.74) is 0. The first-order valence-corrected chi connectivity index (χ1v) is 3.84. The van der Waals surface area contributed by atoms with Crippen LogP contribution in [0, 0.1) is 0 Å². The van der Waals surface area contributed by atoms with Crippen molar-refractivity contribution in [1.29, 1.82) is 0 Å². The molecular formula is C7H13ClO2. The Balaban J connectivity index is 3.21. The fourth-order valence-electron chi connectivity index (χ4n) is 0.685. The highest BCUT2D eigenvalue weighted by molar-refractivity contribution is 6.63. The van der Waals surface area contributed by atoms with E-state index in [1.807, 2.05) is 13.8 Å². The van der Waals surface area contributed by atoms with Gasteiger partial charge >= 0.3 is 0 Å². The highest BCUT2D eigenvalue weighted by atomic mass is 35.5. The lowest BCUT2D eigenvalue weighted by atomic mass is 10.2. The van der Waals surface area contributed by atoms with Crippen LogP contribution >= 0.6 is 11.6 Å². The summed E-state index contributed by atoms with van der Waals surface area (Å²) in [5.74, 6) is 0. The van der Waals surface area contributed by atoms with E-state index in [4.69, 9.17) is 16.3 Å². The number of hydrogen-bond acceptors (Lipinski definition) is 2. The summed E-state index contributed by atoms with van der Waals surface area (Å²) in [6.07, 6.45) is 1.27. The second-order valence-electron chi connectivity index (χ2n) is 2.16. The van der Waals surface area contributed by atoms with E-state index in [9.17, 15) is 4.79 Å². The van der Waals surface area contributed by atoms with Crippen molar-refractivity contribution in [3.63, 3.8) is 0 Å². The number of hydrogen-bond donors (Lipinski definition) is 0. The van der Waals surface area contributed by atoms with Gasteiger partial charge in [0.05, 0.1) is 6.10 Å². The molecule has 1 unspecified atom stereocenters. The molecule has 0 aliphatic heterocycles. The zero-order valence-electron chi connectivity index (χ0n) is 6.39. The first kappa shape index (κ1) is 9.92. The topological polar surface area (TPSA) is 26.3 Å². The molecule has 2 nitrogen and oxygen atoms in total. The Kier molecular flexibility index (Phi) is 5.64. The molecule has 0 aromatic carbocycles. The highest BCUT2D eigenvalue weighted by Crippen LogP contribution is 2.02. The average molecular weight is 165 g/mol. The molecule has 0 aliphatic rings. The summed E-state index contributed by atoms with van der Waals surface area (Å²) in [5, 5.41) is -0.286. The molecule has 1 atom stereocenters. The van der Waals surface area contributed by atoms with Crippen molar-refractivity contribution in [3.8, 4) is 0 Å². The van der Waals surface area contributed by atoms with E-state index in [-0.39, 0.29) is 11.3 Å². The van der Waals surface area contributed by atoms with Gasteiger partial charge in [0.25, 0.3) is 0 Å². The van der Waals surface area contributed by atoms with Gasteiger partial charge in [0.15, 0.2) is 0 Å². The Morgan fingerprint density at radius 3 is 2.70 bits per heavy atom. The molecule has 0 aromatic heterocycles.